The summed E-state index contributed by atoms with van der Waals surface area (Å²) in [7, 11) is 0. The van der Waals surface area contributed by atoms with E-state index in [1.807, 2.05) is 6.07 Å². The van der Waals surface area contributed by atoms with Gasteiger partial charge in [-0.2, -0.15) is 0 Å². The van der Waals surface area contributed by atoms with Crippen LogP contribution in [0.4, 0.5) is 5.82 Å². The molecule has 1 amide bonds. The summed E-state index contributed by atoms with van der Waals surface area (Å²) in [5.74, 6) is 0.740. The van der Waals surface area contributed by atoms with Gasteiger partial charge in [0.05, 0.1) is 12.0 Å². The Morgan fingerprint density at radius 3 is 2.86 bits per heavy atom. The van der Waals surface area contributed by atoms with Gasteiger partial charge >= 0.3 is 0 Å². The Kier molecular flexibility index (Phi) is 4.39. The van der Waals surface area contributed by atoms with Crippen molar-refractivity contribution in [3.63, 3.8) is 0 Å². The number of hydrogen-bond acceptors (Lipinski definition) is 4. The fourth-order valence-corrected chi connectivity index (χ4v) is 3.26. The summed E-state index contributed by atoms with van der Waals surface area (Å²) in [5.41, 5.74) is 1.06. The van der Waals surface area contributed by atoms with Crippen LogP contribution in [0.25, 0.3) is 0 Å². The van der Waals surface area contributed by atoms with E-state index in [0.29, 0.717) is 6.54 Å². The molecular weight excluding hydrogens is 266 g/mol. The molecule has 1 saturated heterocycles. The summed E-state index contributed by atoms with van der Waals surface area (Å²) < 4.78 is 0. The van der Waals surface area contributed by atoms with E-state index in [4.69, 9.17) is 0 Å². The van der Waals surface area contributed by atoms with Crippen LogP contribution >= 0.6 is 0 Å². The lowest BCUT2D eigenvalue weighted by molar-refractivity contribution is -0.127. The maximum absolute atomic E-state index is 12.1. The highest BCUT2D eigenvalue weighted by molar-refractivity contribution is 5.79. The molecule has 2 atom stereocenters. The summed E-state index contributed by atoms with van der Waals surface area (Å²) in [6.45, 7) is 2.64. The van der Waals surface area contributed by atoms with Gasteiger partial charge in [0.25, 0.3) is 0 Å². The van der Waals surface area contributed by atoms with Gasteiger partial charge in [-0.3, -0.25) is 4.79 Å². The molecule has 2 heterocycles. The second-order valence-electron chi connectivity index (χ2n) is 6.04. The van der Waals surface area contributed by atoms with E-state index in [1.54, 1.807) is 6.20 Å². The number of nitrogens with one attached hydrogen (secondary N) is 1. The minimum Gasteiger partial charge on any atom is -0.392 e. The summed E-state index contributed by atoms with van der Waals surface area (Å²) in [5, 5.41) is 12.7. The number of aliphatic hydroxyl groups is 1. The first-order chi connectivity index (χ1) is 10.2. The highest BCUT2D eigenvalue weighted by atomic mass is 16.3. The van der Waals surface area contributed by atoms with Gasteiger partial charge in [-0.05, 0) is 49.8 Å². The first-order valence-corrected chi connectivity index (χ1v) is 7.90. The van der Waals surface area contributed by atoms with Crippen molar-refractivity contribution in [2.24, 2.45) is 5.92 Å². The number of rotatable bonds is 4. The molecule has 3 rings (SSSR count). The number of nitrogens with zero attached hydrogens (tertiary/aromatic N) is 2. The quantitative estimate of drug-likeness (QED) is 0.880. The van der Waals surface area contributed by atoms with E-state index in [0.717, 1.165) is 43.7 Å². The summed E-state index contributed by atoms with van der Waals surface area (Å²) in [6, 6.07) is 3.99. The summed E-state index contributed by atoms with van der Waals surface area (Å²) in [6.07, 6.45) is 6.26. The van der Waals surface area contributed by atoms with Crippen LogP contribution in [0.3, 0.4) is 0 Å². The maximum Gasteiger partial charge on any atom is 0.225 e. The Hall–Kier alpha value is -1.62. The fraction of sp³-hybridized carbons (Fsp3) is 0.625. The lowest BCUT2D eigenvalue weighted by Crippen LogP contribution is -2.34. The zero-order valence-corrected chi connectivity index (χ0v) is 12.3. The predicted octanol–water partition coefficient (Wildman–Crippen LogP) is 1.46. The van der Waals surface area contributed by atoms with Crippen LogP contribution in [0.15, 0.2) is 18.3 Å². The predicted molar refractivity (Wildman–Crippen MR) is 80.9 cm³/mol. The van der Waals surface area contributed by atoms with Crippen LogP contribution in [0.5, 0.6) is 0 Å². The second-order valence-corrected chi connectivity index (χ2v) is 6.04. The molecule has 0 radical (unpaired) electrons. The zero-order valence-electron chi connectivity index (χ0n) is 12.3. The lowest BCUT2D eigenvalue weighted by atomic mass is 10.1. The number of aromatic nitrogens is 1. The molecule has 1 aliphatic heterocycles. The van der Waals surface area contributed by atoms with Gasteiger partial charge in [0.2, 0.25) is 5.91 Å². The van der Waals surface area contributed by atoms with Gasteiger partial charge in [-0.1, -0.05) is 0 Å². The van der Waals surface area contributed by atoms with Crippen LogP contribution < -0.4 is 10.2 Å². The van der Waals surface area contributed by atoms with Crippen molar-refractivity contribution in [1.82, 2.24) is 10.3 Å². The molecule has 0 bridgehead atoms. The van der Waals surface area contributed by atoms with Crippen molar-refractivity contribution in [3.8, 4) is 0 Å². The van der Waals surface area contributed by atoms with E-state index in [2.05, 4.69) is 21.3 Å². The van der Waals surface area contributed by atoms with Crippen LogP contribution in [0.1, 0.15) is 37.7 Å². The van der Waals surface area contributed by atoms with Gasteiger partial charge in [0.1, 0.15) is 5.82 Å². The number of carbonyl (C=O) groups excluding carboxylic acids is 1. The average Bonchev–Trinajstić information content (AvgIpc) is 3.16. The van der Waals surface area contributed by atoms with Crippen molar-refractivity contribution < 1.29 is 9.90 Å². The van der Waals surface area contributed by atoms with Gasteiger partial charge in [0.15, 0.2) is 0 Å². The van der Waals surface area contributed by atoms with Gasteiger partial charge < -0.3 is 15.3 Å². The first-order valence-electron chi connectivity index (χ1n) is 7.90. The number of carbonyl (C=O) groups is 1. The van der Waals surface area contributed by atoms with Gasteiger partial charge in [0, 0.05) is 25.8 Å². The SMILES string of the molecule is O=C(NCc1ccnc(N2CCCC2)c1)C1CCCC1O. The molecule has 1 aliphatic carbocycles. The van der Waals surface area contributed by atoms with Gasteiger partial charge in [-0.25, -0.2) is 4.98 Å². The number of pyridine rings is 1. The van der Waals surface area contributed by atoms with E-state index >= 15 is 0 Å². The van der Waals surface area contributed by atoms with Crippen LogP contribution in [-0.4, -0.2) is 35.2 Å². The molecule has 0 spiro atoms. The van der Waals surface area contributed by atoms with E-state index in [9.17, 15) is 9.90 Å². The molecule has 21 heavy (non-hydrogen) atoms. The molecule has 5 nitrogen and oxygen atoms in total. The summed E-state index contributed by atoms with van der Waals surface area (Å²) in [4.78, 5) is 18.8. The van der Waals surface area contributed by atoms with Crippen molar-refractivity contribution in [2.45, 2.75) is 44.8 Å². The second kappa shape index (κ2) is 6.43. The minimum absolute atomic E-state index is 0.0282. The lowest BCUT2D eigenvalue weighted by Gasteiger charge is -2.18. The smallest absolute Gasteiger partial charge is 0.225 e. The third kappa shape index (κ3) is 3.35. The highest BCUT2D eigenvalue weighted by Gasteiger charge is 2.31. The monoisotopic (exact) mass is 289 g/mol. The van der Waals surface area contributed by atoms with Crippen LogP contribution in [-0.2, 0) is 11.3 Å². The average molecular weight is 289 g/mol. The molecule has 114 valence electrons. The molecule has 2 unspecified atom stereocenters. The molecule has 0 aromatic carbocycles. The molecule has 1 saturated carbocycles. The number of anilines is 1. The first kappa shape index (κ1) is 14.3. The maximum atomic E-state index is 12.1. The third-order valence-corrected chi connectivity index (χ3v) is 4.52. The summed E-state index contributed by atoms with van der Waals surface area (Å²) >= 11 is 0. The topological polar surface area (TPSA) is 65.5 Å². The van der Waals surface area contributed by atoms with Gasteiger partial charge in [-0.15, -0.1) is 0 Å². The Morgan fingerprint density at radius 2 is 2.14 bits per heavy atom. The standard InChI is InChI=1S/C16H23N3O2/c20-14-5-3-4-13(14)16(21)18-11-12-6-7-17-15(10-12)19-8-1-2-9-19/h6-7,10,13-14,20H,1-5,8-9,11H2,(H,18,21). The molecule has 5 heteroatoms. The fourth-order valence-electron chi connectivity index (χ4n) is 3.26. The Bertz CT molecular complexity index is 500. The molecule has 1 aromatic heterocycles. The number of amides is 1. The highest BCUT2D eigenvalue weighted by Crippen LogP contribution is 2.25. The molecule has 2 fully saturated rings. The zero-order chi connectivity index (χ0) is 14.7. The molecular formula is C16H23N3O2. The number of hydrogen-bond donors (Lipinski definition) is 2. The van der Waals surface area contributed by atoms with E-state index in [1.165, 1.54) is 12.8 Å². The van der Waals surface area contributed by atoms with Crippen molar-refractivity contribution in [2.75, 3.05) is 18.0 Å². The Balaban J connectivity index is 1.57. The number of aliphatic hydroxyl groups excluding tert-OH is 1. The largest absolute Gasteiger partial charge is 0.392 e. The Labute approximate surface area is 125 Å². The normalized spacial score (nSPS) is 25.3. The molecule has 1 aromatic rings. The Morgan fingerprint density at radius 1 is 1.33 bits per heavy atom. The van der Waals surface area contributed by atoms with Crippen molar-refractivity contribution in [1.29, 1.82) is 0 Å². The van der Waals surface area contributed by atoms with E-state index in [-0.39, 0.29) is 11.8 Å². The minimum atomic E-state index is -0.470. The molecule has 2 N–H and O–H groups in total. The third-order valence-electron chi connectivity index (χ3n) is 4.52. The van der Waals surface area contributed by atoms with Crippen molar-refractivity contribution in [3.05, 3.63) is 23.9 Å². The van der Waals surface area contributed by atoms with Crippen molar-refractivity contribution >= 4 is 11.7 Å². The van der Waals surface area contributed by atoms with E-state index < -0.39 is 6.10 Å². The van der Waals surface area contributed by atoms with Crippen LogP contribution in [0.2, 0.25) is 0 Å². The molecule has 2 aliphatic rings. The van der Waals surface area contributed by atoms with Crippen LogP contribution in [0, 0.1) is 5.92 Å².